The highest BCUT2D eigenvalue weighted by atomic mass is 16.3. The number of aromatic amines is 1. The van der Waals surface area contributed by atoms with Gasteiger partial charge in [-0.1, -0.05) is 0 Å². The van der Waals surface area contributed by atoms with E-state index in [1.165, 1.54) is 0 Å². The van der Waals surface area contributed by atoms with Crippen molar-refractivity contribution in [3.8, 4) is 0 Å². The molecule has 2 aromatic heterocycles. The van der Waals surface area contributed by atoms with Crippen molar-refractivity contribution >= 4 is 10.9 Å². The summed E-state index contributed by atoms with van der Waals surface area (Å²) in [6.07, 6.45) is 3.35. The van der Waals surface area contributed by atoms with Crippen LogP contribution in [0.3, 0.4) is 0 Å². The summed E-state index contributed by atoms with van der Waals surface area (Å²) < 4.78 is 0. The van der Waals surface area contributed by atoms with Gasteiger partial charge >= 0.3 is 0 Å². The van der Waals surface area contributed by atoms with Crippen molar-refractivity contribution in [2.45, 2.75) is 13.2 Å². The molecule has 0 bridgehead atoms. The van der Waals surface area contributed by atoms with Crippen LogP contribution in [-0.2, 0) is 13.2 Å². The first-order valence-electron chi connectivity index (χ1n) is 4.02. The van der Waals surface area contributed by atoms with Crippen molar-refractivity contribution in [2.75, 3.05) is 0 Å². The van der Waals surface area contributed by atoms with Gasteiger partial charge in [-0.3, -0.25) is 4.98 Å². The minimum absolute atomic E-state index is 0.0347. The number of H-pyrrole nitrogens is 1. The smallest absolute Gasteiger partial charge is 0.0898 e. The maximum Gasteiger partial charge on any atom is 0.0898 e. The molecule has 0 aliphatic carbocycles. The maximum absolute atomic E-state index is 9.00. The van der Waals surface area contributed by atoms with Crippen molar-refractivity contribution in [3.05, 3.63) is 29.7 Å². The Bertz CT molecular complexity index is 384. The summed E-state index contributed by atoms with van der Waals surface area (Å²) in [7, 11) is 0. The number of nitrogens with one attached hydrogen (secondary N) is 1. The fourth-order valence-corrected chi connectivity index (χ4v) is 1.41. The number of hydrogen-bond acceptors (Lipinski definition) is 3. The topological polar surface area (TPSA) is 69.1 Å². The van der Waals surface area contributed by atoms with Crippen LogP contribution < -0.4 is 0 Å². The van der Waals surface area contributed by atoms with Gasteiger partial charge in [0, 0.05) is 23.3 Å². The van der Waals surface area contributed by atoms with E-state index in [4.69, 9.17) is 10.2 Å². The van der Waals surface area contributed by atoms with Gasteiger partial charge in [0.15, 0.2) is 0 Å². The summed E-state index contributed by atoms with van der Waals surface area (Å²) in [5.41, 5.74) is 2.18. The van der Waals surface area contributed by atoms with Crippen LogP contribution >= 0.6 is 0 Å². The number of hydrogen-bond donors (Lipinski definition) is 3. The molecule has 13 heavy (non-hydrogen) atoms. The molecule has 2 heterocycles. The van der Waals surface area contributed by atoms with Crippen LogP contribution in [0.15, 0.2) is 18.5 Å². The SMILES string of the molecule is OCc1cnc(CO)c2[nH]ccc12. The third-order valence-corrected chi connectivity index (χ3v) is 2.08. The zero-order valence-corrected chi connectivity index (χ0v) is 6.99. The molecule has 0 unspecified atom stereocenters. The third-order valence-electron chi connectivity index (χ3n) is 2.08. The predicted octanol–water partition coefficient (Wildman–Crippen LogP) is 0.547. The Morgan fingerprint density at radius 1 is 1.31 bits per heavy atom. The molecule has 0 fully saturated rings. The average molecular weight is 178 g/mol. The molecular weight excluding hydrogens is 168 g/mol. The Morgan fingerprint density at radius 2 is 2.15 bits per heavy atom. The lowest BCUT2D eigenvalue weighted by molar-refractivity contribution is 0.275. The Balaban J connectivity index is 2.74. The van der Waals surface area contributed by atoms with Gasteiger partial charge in [0.05, 0.1) is 24.4 Å². The monoisotopic (exact) mass is 178 g/mol. The number of aliphatic hydroxyl groups is 2. The van der Waals surface area contributed by atoms with E-state index in [9.17, 15) is 0 Å². The first-order valence-corrected chi connectivity index (χ1v) is 4.02. The lowest BCUT2D eigenvalue weighted by Crippen LogP contribution is -1.94. The first-order chi connectivity index (χ1) is 6.36. The fraction of sp³-hybridized carbons (Fsp3) is 0.222. The largest absolute Gasteiger partial charge is 0.392 e. The van der Waals surface area contributed by atoms with E-state index < -0.39 is 0 Å². The predicted molar refractivity (Wildman–Crippen MR) is 47.9 cm³/mol. The number of fused-ring (bicyclic) bond motifs is 1. The Hall–Kier alpha value is -1.39. The molecule has 0 aliphatic heterocycles. The molecule has 0 saturated carbocycles. The maximum atomic E-state index is 9.00. The average Bonchev–Trinajstić information content (AvgIpc) is 2.64. The number of aromatic nitrogens is 2. The summed E-state index contributed by atoms with van der Waals surface area (Å²) in [5.74, 6) is 0. The van der Waals surface area contributed by atoms with Gasteiger partial charge in [-0.15, -0.1) is 0 Å². The lowest BCUT2D eigenvalue weighted by atomic mass is 10.1. The van der Waals surface area contributed by atoms with Crippen molar-refractivity contribution < 1.29 is 10.2 Å². The normalized spacial score (nSPS) is 10.9. The van der Waals surface area contributed by atoms with Crippen LogP contribution in [0, 0.1) is 0 Å². The van der Waals surface area contributed by atoms with E-state index in [-0.39, 0.29) is 13.2 Å². The Kier molecular flexibility index (Phi) is 2.00. The van der Waals surface area contributed by atoms with Crippen LogP contribution in [0.1, 0.15) is 11.3 Å². The van der Waals surface area contributed by atoms with Gasteiger partial charge < -0.3 is 15.2 Å². The highest BCUT2D eigenvalue weighted by Gasteiger charge is 2.06. The number of nitrogens with zero attached hydrogens (tertiary/aromatic N) is 1. The molecule has 4 nitrogen and oxygen atoms in total. The van der Waals surface area contributed by atoms with Gasteiger partial charge in [0.2, 0.25) is 0 Å². The van der Waals surface area contributed by atoms with E-state index >= 15 is 0 Å². The molecule has 0 saturated heterocycles. The first kappa shape index (κ1) is 8.22. The number of aliphatic hydroxyl groups excluding tert-OH is 2. The van der Waals surface area contributed by atoms with Gasteiger partial charge in [0.1, 0.15) is 0 Å². The van der Waals surface area contributed by atoms with Gasteiger partial charge in [0.25, 0.3) is 0 Å². The van der Waals surface area contributed by atoms with E-state index in [0.29, 0.717) is 5.69 Å². The van der Waals surface area contributed by atoms with Crippen LogP contribution in [0.25, 0.3) is 10.9 Å². The lowest BCUT2D eigenvalue weighted by Gasteiger charge is -2.01. The molecule has 2 aromatic rings. The second kappa shape index (κ2) is 3.16. The van der Waals surface area contributed by atoms with Crippen molar-refractivity contribution in [1.82, 2.24) is 9.97 Å². The zero-order valence-electron chi connectivity index (χ0n) is 6.99. The highest BCUT2D eigenvalue weighted by molar-refractivity contribution is 5.84. The van der Waals surface area contributed by atoms with E-state index in [2.05, 4.69) is 9.97 Å². The van der Waals surface area contributed by atoms with Gasteiger partial charge in [-0.2, -0.15) is 0 Å². The minimum atomic E-state index is -0.0945. The summed E-state index contributed by atoms with van der Waals surface area (Å²) in [6, 6.07) is 1.86. The van der Waals surface area contributed by atoms with Gasteiger partial charge in [-0.05, 0) is 6.07 Å². The molecular formula is C9H10N2O2. The van der Waals surface area contributed by atoms with Crippen molar-refractivity contribution in [1.29, 1.82) is 0 Å². The molecule has 0 atom stereocenters. The quantitative estimate of drug-likeness (QED) is 0.629. The molecule has 0 aliphatic rings. The number of pyridine rings is 1. The highest BCUT2D eigenvalue weighted by Crippen LogP contribution is 2.19. The van der Waals surface area contributed by atoms with Crippen molar-refractivity contribution in [2.24, 2.45) is 0 Å². The molecule has 0 aromatic carbocycles. The molecule has 2 rings (SSSR count). The second-order valence-corrected chi connectivity index (χ2v) is 2.81. The summed E-state index contributed by atoms with van der Waals surface area (Å²) in [5, 5.41) is 18.9. The molecule has 0 amide bonds. The molecule has 68 valence electrons. The van der Waals surface area contributed by atoms with Crippen LogP contribution in [0.2, 0.25) is 0 Å². The fourth-order valence-electron chi connectivity index (χ4n) is 1.41. The standard InChI is InChI=1S/C9H10N2O2/c12-4-6-3-11-8(5-13)9-7(6)1-2-10-9/h1-3,10,12-13H,4-5H2. The third kappa shape index (κ3) is 1.20. The molecule has 0 spiro atoms. The van der Waals surface area contributed by atoms with E-state index in [1.807, 2.05) is 6.07 Å². The zero-order chi connectivity index (χ0) is 9.26. The van der Waals surface area contributed by atoms with Gasteiger partial charge in [-0.25, -0.2) is 0 Å². The Labute approximate surface area is 74.9 Å². The molecule has 4 heteroatoms. The molecule has 3 N–H and O–H groups in total. The summed E-state index contributed by atoms with van der Waals surface area (Å²) >= 11 is 0. The van der Waals surface area contributed by atoms with Crippen molar-refractivity contribution in [3.63, 3.8) is 0 Å². The number of rotatable bonds is 2. The van der Waals surface area contributed by atoms with E-state index in [0.717, 1.165) is 16.5 Å². The summed E-state index contributed by atoms with van der Waals surface area (Å²) in [6.45, 7) is -0.129. The van der Waals surface area contributed by atoms with E-state index in [1.54, 1.807) is 12.4 Å². The second-order valence-electron chi connectivity index (χ2n) is 2.81. The van der Waals surface area contributed by atoms with Crippen LogP contribution in [0.5, 0.6) is 0 Å². The minimum Gasteiger partial charge on any atom is -0.392 e. The van der Waals surface area contributed by atoms with Crippen LogP contribution in [0.4, 0.5) is 0 Å². The summed E-state index contributed by atoms with van der Waals surface area (Å²) in [4.78, 5) is 7.01. The molecule has 0 radical (unpaired) electrons. The Morgan fingerprint density at radius 3 is 2.85 bits per heavy atom. The van der Waals surface area contributed by atoms with Crippen LogP contribution in [-0.4, -0.2) is 20.2 Å².